The highest BCUT2D eigenvalue weighted by Crippen LogP contribution is 2.30. The molecule has 0 spiro atoms. The Morgan fingerprint density at radius 3 is 2.67 bits per heavy atom. The van der Waals surface area contributed by atoms with Crippen LogP contribution in [0.3, 0.4) is 0 Å². The molecule has 0 saturated carbocycles. The van der Waals surface area contributed by atoms with Gasteiger partial charge in [-0.05, 0) is 33.7 Å². The van der Waals surface area contributed by atoms with Crippen LogP contribution in [0.4, 0.5) is 0 Å². The molecular formula is C11H23N3O. The highest BCUT2D eigenvalue weighted by molar-refractivity contribution is 5.82. The summed E-state index contributed by atoms with van der Waals surface area (Å²) in [4.78, 5) is 14.0. The lowest BCUT2D eigenvalue weighted by atomic mass is 9.89. The van der Waals surface area contributed by atoms with Crippen LogP contribution in [-0.4, -0.2) is 43.0 Å². The molecule has 0 aliphatic carbocycles. The van der Waals surface area contributed by atoms with E-state index in [4.69, 9.17) is 5.73 Å². The quantitative estimate of drug-likeness (QED) is 0.703. The second kappa shape index (κ2) is 4.10. The molecule has 0 aromatic heterocycles. The van der Waals surface area contributed by atoms with Crippen molar-refractivity contribution in [3.05, 3.63) is 0 Å². The number of nitrogens with one attached hydrogen (secondary N) is 1. The Kier molecular flexibility index (Phi) is 3.41. The first-order valence-electron chi connectivity index (χ1n) is 5.50. The van der Waals surface area contributed by atoms with Crippen molar-refractivity contribution in [3.8, 4) is 0 Å². The Hall–Kier alpha value is -0.610. The number of amides is 1. The molecule has 1 aliphatic heterocycles. The van der Waals surface area contributed by atoms with Crippen molar-refractivity contribution in [1.82, 2.24) is 10.2 Å². The van der Waals surface area contributed by atoms with Gasteiger partial charge in [-0.2, -0.15) is 0 Å². The van der Waals surface area contributed by atoms with Gasteiger partial charge in [-0.3, -0.25) is 4.79 Å². The Morgan fingerprint density at radius 1 is 1.60 bits per heavy atom. The molecule has 0 aromatic carbocycles. The lowest BCUT2D eigenvalue weighted by molar-refractivity contribution is -0.129. The van der Waals surface area contributed by atoms with Crippen LogP contribution in [0.25, 0.3) is 0 Å². The Balaban J connectivity index is 2.55. The Labute approximate surface area is 92.2 Å². The van der Waals surface area contributed by atoms with E-state index in [9.17, 15) is 4.79 Å². The maximum absolute atomic E-state index is 11.7. The van der Waals surface area contributed by atoms with Crippen LogP contribution in [0.15, 0.2) is 0 Å². The molecule has 1 heterocycles. The molecule has 1 atom stereocenters. The van der Waals surface area contributed by atoms with Crippen LogP contribution in [0.5, 0.6) is 0 Å². The molecule has 0 radical (unpaired) electrons. The van der Waals surface area contributed by atoms with E-state index in [0.29, 0.717) is 0 Å². The third-order valence-corrected chi connectivity index (χ3v) is 2.96. The zero-order valence-corrected chi connectivity index (χ0v) is 10.3. The third kappa shape index (κ3) is 3.18. The van der Waals surface area contributed by atoms with E-state index in [1.54, 1.807) is 7.05 Å². The van der Waals surface area contributed by atoms with Crippen LogP contribution in [0.2, 0.25) is 0 Å². The minimum absolute atomic E-state index is 0.139. The standard InChI is InChI=1S/C11H23N3O/c1-10(2,12)7-14-6-5-11(3,8-14)9(15)13-4/h5-8,12H2,1-4H3,(H,13,15). The summed E-state index contributed by atoms with van der Waals surface area (Å²) in [7, 11) is 1.70. The number of carbonyl (C=O) groups is 1. The van der Waals surface area contributed by atoms with Crippen molar-refractivity contribution < 1.29 is 4.79 Å². The predicted octanol–water partition coefficient (Wildman–Crippen LogP) is 0.182. The zero-order chi connectivity index (χ0) is 11.7. The molecule has 1 unspecified atom stereocenters. The fraction of sp³-hybridized carbons (Fsp3) is 0.909. The fourth-order valence-corrected chi connectivity index (χ4v) is 2.25. The summed E-state index contributed by atoms with van der Waals surface area (Å²) >= 11 is 0. The van der Waals surface area contributed by atoms with Crippen molar-refractivity contribution in [2.45, 2.75) is 32.7 Å². The van der Waals surface area contributed by atoms with E-state index in [1.165, 1.54) is 0 Å². The van der Waals surface area contributed by atoms with Crippen molar-refractivity contribution in [1.29, 1.82) is 0 Å². The van der Waals surface area contributed by atoms with E-state index >= 15 is 0 Å². The van der Waals surface area contributed by atoms with Crippen molar-refractivity contribution >= 4 is 5.91 Å². The van der Waals surface area contributed by atoms with Crippen molar-refractivity contribution in [2.24, 2.45) is 11.1 Å². The normalized spacial score (nSPS) is 28.1. The van der Waals surface area contributed by atoms with Gasteiger partial charge in [0.1, 0.15) is 0 Å². The van der Waals surface area contributed by atoms with Crippen molar-refractivity contribution in [2.75, 3.05) is 26.7 Å². The average Bonchev–Trinajstić information content (AvgIpc) is 2.44. The molecule has 88 valence electrons. The molecule has 1 amide bonds. The topological polar surface area (TPSA) is 58.4 Å². The number of nitrogens with two attached hydrogens (primary N) is 1. The first-order chi connectivity index (χ1) is 6.77. The number of rotatable bonds is 3. The second-order valence-corrected chi connectivity index (χ2v) is 5.59. The summed E-state index contributed by atoms with van der Waals surface area (Å²) < 4.78 is 0. The van der Waals surface area contributed by atoms with Gasteiger partial charge in [0.15, 0.2) is 0 Å². The van der Waals surface area contributed by atoms with Crippen LogP contribution < -0.4 is 11.1 Å². The van der Waals surface area contributed by atoms with Gasteiger partial charge in [-0.15, -0.1) is 0 Å². The smallest absolute Gasteiger partial charge is 0.227 e. The SMILES string of the molecule is CNC(=O)C1(C)CCN(CC(C)(C)N)C1. The molecule has 0 bridgehead atoms. The van der Waals surface area contributed by atoms with Crippen molar-refractivity contribution in [3.63, 3.8) is 0 Å². The number of nitrogens with zero attached hydrogens (tertiary/aromatic N) is 1. The Morgan fingerprint density at radius 2 is 2.20 bits per heavy atom. The minimum Gasteiger partial charge on any atom is -0.359 e. The maximum atomic E-state index is 11.7. The molecule has 1 saturated heterocycles. The van der Waals surface area contributed by atoms with Gasteiger partial charge in [-0.25, -0.2) is 0 Å². The summed E-state index contributed by atoms with van der Waals surface area (Å²) in [5.74, 6) is 0.139. The van der Waals surface area contributed by atoms with E-state index < -0.39 is 0 Å². The number of hydrogen-bond acceptors (Lipinski definition) is 3. The lowest BCUT2D eigenvalue weighted by Crippen LogP contribution is -2.46. The van der Waals surface area contributed by atoms with E-state index in [1.807, 2.05) is 20.8 Å². The van der Waals surface area contributed by atoms with E-state index in [2.05, 4.69) is 10.2 Å². The highest BCUT2D eigenvalue weighted by atomic mass is 16.2. The summed E-state index contributed by atoms with van der Waals surface area (Å²) in [5.41, 5.74) is 5.55. The first kappa shape index (κ1) is 12.5. The molecule has 4 nitrogen and oxygen atoms in total. The number of likely N-dealkylation sites (tertiary alicyclic amines) is 1. The van der Waals surface area contributed by atoms with Crippen LogP contribution in [0, 0.1) is 5.41 Å². The monoisotopic (exact) mass is 213 g/mol. The predicted molar refractivity (Wildman–Crippen MR) is 61.5 cm³/mol. The van der Waals surface area contributed by atoms with Crippen LogP contribution >= 0.6 is 0 Å². The fourth-order valence-electron chi connectivity index (χ4n) is 2.25. The van der Waals surface area contributed by atoms with E-state index in [0.717, 1.165) is 26.1 Å². The summed E-state index contributed by atoms with van der Waals surface area (Å²) in [6.07, 6.45) is 0.919. The van der Waals surface area contributed by atoms with Gasteiger partial charge in [0.2, 0.25) is 5.91 Å². The van der Waals surface area contributed by atoms with Gasteiger partial charge in [0.25, 0.3) is 0 Å². The van der Waals surface area contributed by atoms with Gasteiger partial charge in [-0.1, -0.05) is 0 Å². The maximum Gasteiger partial charge on any atom is 0.227 e. The minimum atomic E-state index is -0.236. The molecule has 4 heteroatoms. The second-order valence-electron chi connectivity index (χ2n) is 5.59. The molecular weight excluding hydrogens is 190 g/mol. The van der Waals surface area contributed by atoms with Gasteiger partial charge >= 0.3 is 0 Å². The van der Waals surface area contributed by atoms with Gasteiger partial charge in [0.05, 0.1) is 5.41 Å². The van der Waals surface area contributed by atoms with Crippen LogP contribution in [-0.2, 0) is 4.79 Å². The summed E-state index contributed by atoms with van der Waals surface area (Å²) in [6, 6.07) is 0. The zero-order valence-electron chi connectivity index (χ0n) is 10.3. The third-order valence-electron chi connectivity index (χ3n) is 2.96. The van der Waals surface area contributed by atoms with Gasteiger partial charge < -0.3 is 16.0 Å². The lowest BCUT2D eigenvalue weighted by Gasteiger charge is -2.28. The average molecular weight is 213 g/mol. The molecule has 3 N–H and O–H groups in total. The molecule has 0 aromatic rings. The molecule has 1 rings (SSSR count). The molecule has 1 fully saturated rings. The molecule has 1 aliphatic rings. The van der Waals surface area contributed by atoms with E-state index in [-0.39, 0.29) is 16.9 Å². The summed E-state index contributed by atoms with van der Waals surface area (Å²) in [6.45, 7) is 8.68. The van der Waals surface area contributed by atoms with Crippen LogP contribution in [0.1, 0.15) is 27.2 Å². The molecule has 15 heavy (non-hydrogen) atoms. The highest BCUT2D eigenvalue weighted by Gasteiger charge is 2.40. The van der Waals surface area contributed by atoms with Gasteiger partial charge in [0, 0.05) is 25.7 Å². The Bertz CT molecular complexity index is 247. The summed E-state index contributed by atoms with van der Waals surface area (Å²) in [5, 5.41) is 2.73. The largest absolute Gasteiger partial charge is 0.359 e. The first-order valence-corrected chi connectivity index (χ1v) is 5.50. The number of carbonyl (C=O) groups excluding carboxylic acids is 1. The number of hydrogen-bond donors (Lipinski definition) is 2.